The van der Waals surface area contributed by atoms with E-state index in [-0.39, 0.29) is 5.91 Å². The van der Waals surface area contributed by atoms with Crippen molar-refractivity contribution in [3.63, 3.8) is 0 Å². The summed E-state index contributed by atoms with van der Waals surface area (Å²) in [6.45, 7) is 3.78. The summed E-state index contributed by atoms with van der Waals surface area (Å²) >= 11 is 0. The highest BCUT2D eigenvalue weighted by Gasteiger charge is 2.11. The van der Waals surface area contributed by atoms with Gasteiger partial charge >= 0.3 is 0 Å². The van der Waals surface area contributed by atoms with Crippen molar-refractivity contribution in [1.82, 2.24) is 4.98 Å². The van der Waals surface area contributed by atoms with Crippen molar-refractivity contribution < 1.29 is 4.79 Å². The molecule has 5 nitrogen and oxygen atoms in total. The van der Waals surface area contributed by atoms with Gasteiger partial charge in [-0.25, -0.2) is 4.98 Å². The van der Waals surface area contributed by atoms with E-state index in [1.54, 1.807) is 12.3 Å². The standard InChI is InChI=1S/C17H20N4O/c1-13(22)19-17-9-6-15(12-18-17)20-14-4-7-16(8-5-14)21-10-2-3-11-21/h4-9,12,20H,2-3,10-11H2,1H3,(H,18,19,22). The van der Waals surface area contributed by atoms with Crippen LogP contribution in [0.1, 0.15) is 19.8 Å². The third-order valence-corrected chi connectivity index (χ3v) is 3.69. The van der Waals surface area contributed by atoms with Crippen LogP contribution in [0.3, 0.4) is 0 Å². The highest BCUT2D eigenvalue weighted by molar-refractivity contribution is 5.87. The molecule has 114 valence electrons. The summed E-state index contributed by atoms with van der Waals surface area (Å²) in [5.41, 5.74) is 3.20. The van der Waals surface area contributed by atoms with Gasteiger partial charge in [0, 0.05) is 31.4 Å². The predicted octanol–water partition coefficient (Wildman–Crippen LogP) is 3.38. The Kier molecular flexibility index (Phi) is 4.23. The van der Waals surface area contributed by atoms with E-state index in [1.807, 2.05) is 6.07 Å². The highest BCUT2D eigenvalue weighted by Crippen LogP contribution is 2.24. The molecule has 22 heavy (non-hydrogen) atoms. The number of nitrogens with zero attached hydrogens (tertiary/aromatic N) is 2. The first-order valence-corrected chi connectivity index (χ1v) is 7.56. The first-order chi connectivity index (χ1) is 10.7. The predicted molar refractivity (Wildman–Crippen MR) is 89.7 cm³/mol. The van der Waals surface area contributed by atoms with Crippen molar-refractivity contribution in [2.75, 3.05) is 28.6 Å². The SMILES string of the molecule is CC(=O)Nc1ccc(Nc2ccc(N3CCCC3)cc2)cn1. The van der Waals surface area contributed by atoms with E-state index in [2.05, 4.69) is 44.8 Å². The molecule has 1 fully saturated rings. The fourth-order valence-electron chi connectivity index (χ4n) is 2.62. The number of carbonyl (C=O) groups excluding carboxylic acids is 1. The van der Waals surface area contributed by atoms with Gasteiger partial charge in [0.15, 0.2) is 0 Å². The van der Waals surface area contributed by atoms with Crippen LogP contribution in [0.2, 0.25) is 0 Å². The second kappa shape index (κ2) is 6.47. The normalized spacial score (nSPS) is 14.0. The minimum atomic E-state index is -0.120. The summed E-state index contributed by atoms with van der Waals surface area (Å²) < 4.78 is 0. The lowest BCUT2D eigenvalue weighted by molar-refractivity contribution is -0.114. The number of nitrogens with one attached hydrogen (secondary N) is 2. The number of aromatic nitrogens is 1. The van der Waals surface area contributed by atoms with Gasteiger partial charge in [0.2, 0.25) is 5.91 Å². The summed E-state index contributed by atoms with van der Waals surface area (Å²) in [7, 11) is 0. The van der Waals surface area contributed by atoms with Gasteiger partial charge < -0.3 is 15.5 Å². The van der Waals surface area contributed by atoms with Crippen LogP contribution in [-0.4, -0.2) is 24.0 Å². The summed E-state index contributed by atoms with van der Waals surface area (Å²) in [5, 5.41) is 5.96. The Balaban J connectivity index is 1.63. The lowest BCUT2D eigenvalue weighted by Gasteiger charge is -2.18. The maximum Gasteiger partial charge on any atom is 0.222 e. The summed E-state index contributed by atoms with van der Waals surface area (Å²) in [6, 6.07) is 12.1. The van der Waals surface area contributed by atoms with E-state index >= 15 is 0 Å². The van der Waals surface area contributed by atoms with E-state index in [4.69, 9.17) is 0 Å². The van der Waals surface area contributed by atoms with E-state index in [0.29, 0.717) is 5.82 Å². The minimum Gasteiger partial charge on any atom is -0.372 e. The second-order valence-corrected chi connectivity index (χ2v) is 5.48. The van der Waals surface area contributed by atoms with Crippen molar-refractivity contribution in [2.24, 2.45) is 0 Å². The molecule has 0 atom stereocenters. The maximum atomic E-state index is 11.0. The van der Waals surface area contributed by atoms with Crippen molar-refractivity contribution in [2.45, 2.75) is 19.8 Å². The van der Waals surface area contributed by atoms with E-state index < -0.39 is 0 Å². The number of rotatable bonds is 4. The number of carbonyl (C=O) groups is 1. The van der Waals surface area contributed by atoms with Gasteiger partial charge in [-0.3, -0.25) is 4.79 Å². The van der Waals surface area contributed by atoms with Crippen LogP contribution in [0.5, 0.6) is 0 Å². The first-order valence-electron chi connectivity index (χ1n) is 7.56. The van der Waals surface area contributed by atoms with Crippen LogP contribution in [0.15, 0.2) is 42.6 Å². The van der Waals surface area contributed by atoms with Crippen LogP contribution < -0.4 is 15.5 Å². The minimum absolute atomic E-state index is 0.120. The Morgan fingerprint density at radius 3 is 2.32 bits per heavy atom. The molecular weight excluding hydrogens is 276 g/mol. The summed E-state index contributed by atoms with van der Waals surface area (Å²) in [5.74, 6) is 0.438. The number of amides is 1. The molecule has 3 rings (SSSR count). The zero-order valence-electron chi connectivity index (χ0n) is 12.7. The molecular formula is C17H20N4O. The number of benzene rings is 1. The molecule has 0 spiro atoms. The molecule has 1 aliphatic heterocycles. The monoisotopic (exact) mass is 296 g/mol. The van der Waals surface area contributed by atoms with Crippen LogP contribution >= 0.6 is 0 Å². The van der Waals surface area contributed by atoms with Crippen LogP contribution in [0.25, 0.3) is 0 Å². The van der Waals surface area contributed by atoms with Crippen molar-refractivity contribution >= 4 is 28.8 Å². The molecule has 0 saturated carbocycles. The molecule has 2 aromatic rings. The number of hydrogen-bond donors (Lipinski definition) is 2. The molecule has 0 radical (unpaired) electrons. The molecule has 0 unspecified atom stereocenters. The van der Waals surface area contributed by atoms with E-state index in [0.717, 1.165) is 24.5 Å². The molecule has 2 heterocycles. The van der Waals surface area contributed by atoms with Gasteiger partial charge in [0.1, 0.15) is 5.82 Å². The zero-order chi connectivity index (χ0) is 15.4. The fourth-order valence-corrected chi connectivity index (χ4v) is 2.62. The van der Waals surface area contributed by atoms with E-state index in [9.17, 15) is 4.79 Å². The van der Waals surface area contributed by atoms with Crippen LogP contribution in [0, 0.1) is 0 Å². The average Bonchev–Trinajstić information content (AvgIpc) is 3.04. The molecule has 0 bridgehead atoms. The number of anilines is 4. The smallest absolute Gasteiger partial charge is 0.222 e. The molecule has 5 heteroatoms. The molecule has 2 N–H and O–H groups in total. The Bertz CT molecular complexity index is 631. The van der Waals surface area contributed by atoms with Gasteiger partial charge in [-0.05, 0) is 49.2 Å². The van der Waals surface area contributed by atoms with Crippen LogP contribution in [0.4, 0.5) is 22.9 Å². The molecule has 1 amide bonds. The van der Waals surface area contributed by atoms with Gasteiger partial charge in [-0.15, -0.1) is 0 Å². The molecule has 1 aromatic heterocycles. The lowest BCUT2D eigenvalue weighted by Crippen LogP contribution is -2.17. The Labute approximate surface area is 130 Å². The lowest BCUT2D eigenvalue weighted by atomic mass is 10.2. The van der Waals surface area contributed by atoms with Gasteiger partial charge in [-0.2, -0.15) is 0 Å². The maximum absolute atomic E-state index is 11.0. The van der Waals surface area contributed by atoms with Gasteiger partial charge in [0.05, 0.1) is 11.9 Å². The largest absolute Gasteiger partial charge is 0.372 e. The third kappa shape index (κ3) is 3.55. The number of hydrogen-bond acceptors (Lipinski definition) is 4. The Morgan fingerprint density at radius 2 is 1.73 bits per heavy atom. The van der Waals surface area contributed by atoms with Crippen molar-refractivity contribution in [3.8, 4) is 0 Å². The molecule has 1 aliphatic rings. The summed E-state index contributed by atoms with van der Waals surface area (Å²) in [4.78, 5) is 17.6. The molecule has 1 saturated heterocycles. The second-order valence-electron chi connectivity index (χ2n) is 5.48. The highest BCUT2D eigenvalue weighted by atomic mass is 16.1. The quantitative estimate of drug-likeness (QED) is 0.908. The number of pyridine rings is 1. The third-order valence-electron chi connectivity index (χ3n) is 3.69. The van der Waals surface area contributed by atoms with E-state index in [1.165, 1.54) is 25.5 Å². The first kappa shape index (κ1) is 14.4. The van der Waals surface area contributed by atoms with Gasteiger partial charge in [-0.1, -0.05) is 0 Å². The topological polar surface area (TPSA) is 57.3 Å². The zero-order valence-corrected chi connectivity index (χ0v) is 12.7. The van der Waals surface area contributed by atoms with Gasteiger partial charge in [0.25, 0.3) is 0 Å². The molecule has 0 aliphatic carbocycles. The fraction of sp³-hybridized carbons (Fsp3) is 0.294. The van der Waals surface area contributed by atoms with Crippen LogP contribution in [-0.2, 0) is 4.79 Å². The van der Waals surface area contributed by atoms with Crippen molar-refractivity contribution in [1.29, 1.82) is 0 Å². The molecule has 1 aromatic carbocycles. The average molecular weight is 296 g/mol. The van der Waals surface area contributed by atoms with Crippen molar-refractivity contribution in [3.05, 3.63) is 42.6 Å². The Hall–Kier alpha value is -2.56. The summed E-state index contributed by atoms with van der Waals surface area (Å²) in [6.07, 6.45) is 4.28. The Morgan fingerprint density at radius 1 is 1.05 bits per heavy atom.